The lowest BCUT2D eigenvalue weighted by atomic mass is 10.1. The number of hydrogen-bond donors (Lipinski definition) is 1. The first kappa shape index (κ1) is 22.5. The van der Waals surface area contributed by atoms with Gasteiger partial charge in [0.05, 0.1) is 33.9 Å². The van der Waals surface area contributed by atoms with Gasteiger partial charge in [-0.25, -0.2) is 9.36 Å². The summed E-state index contributed by atoms with van der Waals surface area (Å²) in [5.74, 6) is 0.724. The molecule has 8 heteroatoms. The predicted molar refractivity (Wildman–Crippen MR) is 127 cm³/mol. The fraction of sp³-hybridized carbons (Fsp3) is 0.542. The molecule has 1 unspecified atom stereocenters. The molecule has 1 N–H and O–H groups in total. The van der Waals surface area contributed by atoms with Gasteiger partial charge in [0.2, 0.25) is 5.88 Å². The van der Waals surface area contributed by atoms with E-state index in [2.05, 4.69) is 36.9 Å². The molecule has 0 spiro atoms. The van der Waals surface area contributed by atoms with Crippen LogP contribution in [0.4, 0.5) is 0 Å². The lowest BCUT2D eigenvalue weighted by Gasteiger charge is -2.23. The molecular formula is C24H34N6O2. The van der Waals surface area contributed by atoms with Gasteiger partial charge in [-0.05, 0) is 58.7 Å². The molecule has 0 saturated carbocycles. The van der Waals surface area contributed by atoms with Gasteiger partial charge in [-0.15, -0.1) is 0 Å². The van der Waals surface area contributed by atoms with Crippen LogP contribution in [0.1, 0.15) is 56.4 Å². The van der Waals surface area contributed by atoms with Gasteiger partial charge in [0.25, 0.3) is 0 Å². The second-order valence-corrected chi connectivity index (χ2v) is 8.47. The zero-order chi connectivity index (χ0) is 22.8. The van der Waals surface area contributed by atoms with E-state index >= 15 is 0 Å². The number of fused-ring (bicyclic) bond motifs is 1. The predicted octanol–water partition coefficient (Wildman–Crippen LogP) is 4.17. The molecule has 1 fully saturated rings. The lowest BCUT2D eigenvalue weighted by Crippen LogP contribution is -2.29. The summed E-state index contributed by atoms with van der Waals surface area (Å²) in [5, 5.41) is 13.8. The molecule has 172 valence electrons. The van der Waals surface area contributed by atoms with Crippen LogP contribution in [0.25, 0.3) is 28.2 Å². The van der Waals surface area contributed by atoms with Crippen LogP contribution in [-0.4, -0.2) is 50.3 Å². The maximum Gasteiger partial charge on any atom is 0.221 e. The van der Waals surface area contributed by atoms with Gasteiger partial charge < -0.3 is 14.8 Å². The Morgan fingerprint density at radius 2 is 2.12 bits per heavy atom. The highest BCUT2D eigenvalue weighted by molar-refractivity contribution is 5.92. The maximum atomic E-state index is 6.30. The van der Waals surface area contributed by atoms with Gasteiger partial charge in [-0.1, -0.05) is 13.5 Å². The molecule has 0 aromatic carbocycles. The molecule has 4 heterocycles. The van der Waals surface area contributed by atoms with Crippen LogP contribution in [0, 0.1) is 13.8 Å². The quantitative estimate of drug-likeness (QED) is 0.569. The minimum atomic E-state index is -0.0581. The normalized spacial score (nSPS) is 17.6. The van der Waals surface area contributed by atoms with E-state index < -0.39 is 0 Å². The first-order valence-corrected chi connectivity index (χ1v) is 11.5. The number of nitrogens with one attached hydrogen (secondary N) is 1. The Kier molecular flexibility index (Phi) is 6.62. The zero-order valence-electron chi connectivity index (χ0n) is 19.8. The van der Waals surface area contributed by atoms with E-state index in [9.17, 15) is 0 Å². The van der Waals surface area contributed by atoms with Crippen molar-refractivity contribution in [2.45, 2.75) is 59.3 Å². The van der Waals surface area contributed by atoms with E-state index in [-0.39, 0.29) is 12.3 Å². The summed E-state index contributed by atoms with van der Waals surface area (Å²) in [6, 6.07) is 2.08. The molecule has 32 heavy (non-hydrogen) atoms. The minimum Gasteiger partial charge on any atom is -0.473 e. The van der Waals surface area contributed by atoms with Crippen molar-refractivity contribution in [1.82, 2.24) is 29.9 Å². The topological polar surface area (TPSA) is 79.0 Å². The molecule has 0 radical (unpaired) electrons. The van der Waals surface area contributed by atoms with E-state index in [1.807, 2.05) is 25.6 Å². The lowest BCUT2D eigenvalue weighted by molar-refractivity contribution is -0.0368. The van der Waals surface area contributed by atoms with Crippen molar-refractivity contribution in [3.8, 4) is 17.1 Å². The van der Waals surface area contributed by atoms with Gasteiger partial charge >= 0.3 is 0 Å². The van der Waals surface area contributed by atoms with Crippen LogP contribution in [0.5, 0.6) is 5.88 Å². The van der Waals surface area contributed by atoms with E-state index in [1.165, 1.54) is 0 Å². The van der Waals surface area contributed by atoms with Gasteiger partial charge in [0, 0.05) is 25.6 Å². The van der Waals surface area contributed by atoms with E-state index in [4.69, 9.17) is 19.6 Å². The van der Waals surface area contributed by atoms with Crippen LogP contribution >= 0.6 is 0 Å². The van der Waals surface area contributed by atoms with Crippen molar-refractivity contribution in [3.63, 3.8) is 0 Å². The van der Waals surface area contributed by atoms with Crippen LogP contribution in [0.15, 0.2) is 12.6 Å². The van der Waals surface area contributed by atoms with Gasteiger partial charge in [0.15, 0.2) is 6.23 Å². The van der Waals surface area contributed by atoms with Crippen LogP contribution in [0.2, 0.25) is 0 Å². The number of likely N-dealkylation sites (N-methyl/N-ethyl adjacent to an activating group) is 1. The summed E-state index contributed by atoms with van der Waals surface area (Å²) in [5.41, 5.74) is 5.37. The van der Waals surface area contributed by atoms with Gasteiger partial charge in [-0.3, -0.25) is 4.98 Å². The summed E-state index contributed by atoms with van der Waals surface area (Å²) < 4.78 is 16.1. The van der Waals surface area contributed by atoms with Crippen molar-refractivity contribution in [1.29, 1.82) is 0 Å². The fourth-order valence-corrected chi connectivity index (χ4v) is 4.42. The van der Waals surface area contributed by atoms with E-state index in [0.717, 1.165) is 84.1 Å². The van der Waals surface area contributed by atoms with Crippen molar-refractivity contribution in [2.24, 2.45) is 7.05 Å². The van der Waals surface area contributed by atoms with Crippen LogP contribution < -0.4 is 10.1 Å². The second kappa shape index (κ2) is 9.42. The number of nitrogens with zero attached hydrogens (tertiary/aromatic N) is 5. The van der Waals surface area contributed by atoms with Crippen molar-refractivity contribution < 1.29 is 9.47 Å². The van der Waals surface area contributed by atoms with Crippen molar-refractivity contribution in [2.75, 3.05) is 19.7 Å². The molecule has 1 aliphatic rings. The number of aromatic nitrogens is 5. The molecular weight excluding hydrogens is 404 g/mol. The number of hydrogen-bond acceptors (Lipinski definition) is 6. The van der Waals surface area contributed by atoms with E-state index in [1.54, 1.807) is 10.8 Å². The first-order chi connectivity index (χ1) is 15.4. The Morgan fingerprint density at radius 3 is 2.81 bits per heavy atom. The monoisotopic (exact) mass is 438 g/mol. The highest BCUT2D eigenvalue weighted by Crippen LogP contribution is 2.37. The third kappa shape index (κ3) is 4.17. The zero-order valence-corrected chi connectivity index (χ0v) is 19.8. The summed E-state index contributed by atoms with van der Waals surface area (Å²) in [6.45, 7) is 14.6. The summed E-state index contributed by atoms with van der Waals surface area (Å²) in [6.07, 6.45) is 4.94. The molecule has 0 bridgehead atoms. The maximum absolute atomic E-state index is 6.30. The molecule has 2 atom stereocenters. The highest BCUT2D eigenvalue weighted by Gasteiger charge is 2.25. The molecule has 4 rings (SSSR count). The number of aryl methyl sites for hydroxylation is 3. The Labute approximate surface area is 189 Å². The number of rotatable bonds is 8. The van der Waals surface area contributed by atoms with E-state index in [0.29, 0.717) is 0 Å². The minimum absolute atomic E-state index is 0.00302. The molecule has 1 saturated heterocycles. The average Bonchev–Trinajstić information content (AvgIpc) is 3.29. The summed E-state index contributed by atoms with van der Waals surface area (Å²) >= 11 is 0. The summed E-state index contributed by atoms with van der Waals surface area (Å²) in [7, 11) is 1.91. The average molecular weight is 439 g/mol. The molecule has 0 amide bonds. The highest BCUT2D eigenvalue weighted by atomic mass is 16.5. The Morgan fingerprint density at radius 1 is 1.31 bits per heavy atom. The van der Waals surface area contributed by atoms with Crippen molar-refractivity contribution >= 4 is 17.0 Å². The largest absolute Gasteiger partial charge is 0.473 e. The number of ether oxygens (including phenoxy) is 2. The Bertz CT molecular complexity index is 1110. The molecule has 8 nitrogen and oxygen atoms in total. The molecule has 0 aliphatic carbocycles. The Balaban J connectivity index is 1.80. The van der Waals surface area contributed by atoms with Crippen LogP contribution in [-0.2, 0) is 11.8 Å². The third-order valence-electron chi connectivity index (χ3n) is 5.93. The molecule has 3 aromatic rings. The third-order valence-corrected chi connectivity index (χ3v) is 5.93. The van der Waals surface area contributed by atoms with Crippen molar-refractivity contribution in [3.05, 3.63) is 29.7 Å². The second-order valence-electron chi connectivity index (χ2n) is 8.47. The SMILES string of the molecule is C=Cc1nn(C2CCCCO2)c2c(C)nc(-c3c(C)nn(C)c3O[C@@H](C)CNCC)cc12. The summed E-state index contributed by atoms with van der Waals surface area (Å²) in [4.78, 5) is 4.98. The standard InChI is InChI=1S/C24H34N6O2/c1-7-19-18-13-20(22-16(4)27-29(6)24(22)32-15(3)14-25-8-2)26-17(5)23(18)30(28-19)21-11-9-10-12-31-21/h7,13,15,21,25H,1,8-12,14H2,2-6H3/t15-,21?/m0/s1. The molecule has 1 aliphatic heterocycles. The smallest absolute Gasteiger partial charge is 0.221 e. The number of pyridine rings is 1. The van der Waals surface area contributed by atoms with Gasteiger partial charge in [-0.2, -0.15) is 10.2 Å². The molecule has 3 aromatic heterocycles. The fourth-order valence-electron chi connectivity index (χ4n) is 4.42. The Hall–Kier alpha value is -2.71. The van der Waals surface area contributed by atoms with Gasteiger partial charge in [0.1, 0.15) is 6.10 Å². The van der Waals surface area contributed by atoms with Crippen LogP contribution in [0.3, 0.4) is 0 Å². The first-order valence-electron chi connectivity index (χ1n) is 11.5.